The number of nitrogens with zero attached hydrogens (tertiary/aromatic N) is 2. The number of likely N-dealkylation sites (N-methyl/N-ethyl adjacent to an activating group) is 1. The Morgan fingerprint density at radius 2 is 2.00 bits per heavy atom. The fraction of sp³-hybridized carbons (Fsp3) is 0.571. The Morgan fingerprint density at radius 1 is 1.35 bits per heavy atom. The molecule has 96 valence electrons. The van der Waals surface area contributed by atoms with Crippen molar-refractivity contribution < 1.29 is 4.39 Å². The van der Waals surface area contributed by atoms with Crippen LogP contribution in [0.5, 0.6) is 0 Å². The van der Waals surface area contributed by atoms with Gasteiger partial charge in [0.2, 0.25) is 0 Å². The average molecular weight is 238 g/mol. The Hall–Kier alpha value is -1.09. The maximum absolute atomic E-state index is 13.7. The van der Waals surface area contributed by atoms with E-state index in [1.165, 1.54) is 5.70 Å². The van der Waals surface area contributed by atoms with Gasteiger partial charge in [0, 0.05) is 19.3 Å². The maximum atomic E-state index is 13.7. The summed E-state index contributed by atoms with van der Waals surface area (Å²) in [6.07, 6.45) is 6.41. The van der Waals surface area contributed by atoms with E-state index in [2.05, 4.69) is 18.9 Å². The minimum Gasteiger partial charge on any atom is -0.309 e. The molecule has 0 aromatic heterocycles. The van der Waals surface area contributed by atoms with Gasteiger partial charge in [0.05, 0.1) is 0 Å². The SMILES string of the molecule is CC.CCCN1C(C)=C2C=CC=C(F)C2N1C. The minimum atomic E-state index is -0.193. The van der Waals surface area contributed by atoms with Gasteiger partial charge in [-0.05, 0) is 25.0 Å². The molecule has 0 aromatic rings. The Labute approximate surface area is 104 Å². The van der Waals surface area contributed by atoms with Crippen LogP contribution in [-0.2, 0) is 0 Å². The van der Waals surface area contributed by atoms with E-state index in [1.54, 1.807) is 12.2 Å². The molecule has 0 bridgehead atoms. The quantitative estimate of drug-likeness (QED) is 0.724. The van der Waals surface area contributed by atoms with E-state index in [4.69, 9.17) is 0 Å². The Morgan fingerprint density at radius 3 is 2.53 bits per heavy atom. The third-order valence-corrected chi connectivity index (χ3v) is 3.08. The summed E-state index contributed by atoms with van der Waals surface area (Å²) in [5.74, 6) is -0.0621. The van der Waals surface area contributed by atoms with Crippen molar-refractivity contribution in [2.45, 2.75) is 40.2 Å². The number of rotatable bonds is 2. The van der Waals surface area contributed by atoms with Gasteiger partial charge in [0.25, 0.3) is 0 Å². The molecule has 2 aliphatic rings. The van der Waals surface area contributed by atoms with Crippen molar-refractivity contribution in [3.63, 3.8) is 0 Å². The molecule has 0 radical (unpaired) electrons. The molecule has 2 nitrogen and oxygen atoms in total. The number of hydrogen-bond donors (Lipinski definition) is 0. The minimum absolute atomic E-state index is 0.0621. The van der Waals surface area contributed by atoms with Gasteiger partial charge in [0.15, 0.2) is 0 Å². The highest BCUT2D eigenvalue weighted by atomic mass is 19.1. The van der Waals surface area contributed by atoms with Crippen LogP contribution in [0.15, 0.2) is 35.3 Å². The number of hydrogen-bond acceptors (Lipinski definition) is 2. The molecule has 0 amide bonds. The van der Waals surface area contributed by atoms with Gasteiger partial charge in [-0.1, -0.05) is 32.9 Å². The van der Waals surface area contributed by atoms with E-state index >= 15 is 0 Å². The van der Waals surface area contributed by atoms with Crippen molar-refractivity contribution in [1.29, 1.82) is 0 Å². The van der Waals surface area contributed by atoms with Crippen LogP contribution >= 0.6 is 0 Å². The molecule has 1 aliphatic heterocycles. The van der Waals surface area contributed by atoms with Crippen molar-refractivity contribution in [3.05, 3.63) is 35.3 Å². The van der Waals surface area contributed by atoms with E-state index in [-0.39, 0.29) is 11.9 Å². The van der Waals surface area contributed by atoms with Crippen molar-refractivity contribution >= 4 is 0 Å². The predicted molar refractivity (Wildman–Crippen MR) is 70.9 cm³/mol. The van der Waals surface area contributed by atoms with Gasteiger partial charge in [-0.3, -0.25) is 0 Å². The number of halogens is 1. The van der Waals surface area contributed by atoms with Gasteiger partial charge in [-0.15, -0.1) is 0 Å². The van der Waals surface area contributed by atoms with Crippen LogP contribution in [0.1, 0.15) is 34.1 Å². The lowest BCUT2D eigenvalue weighted by Crippen LogP contribution is -2.40. The molecule has 0 N–H and O–H groups in total. The fourth-order valence-electron chi connectivity index (χ4n) is 2.34. The highest BCUT2D eigenvalue weighted by Gasteiger charge is 2.36. The summed E-state index contributed by atoms with van der Waals surface area (Å²) in [6, 6.07) is -0.193. The Kier molecular flexibility index (Phi) is 4.94. The van der Waals surface area contributed by atoms with Crippen molar-refractivity contribution in [1.82, 2.24) is 10.0 Å². The lowest BCUT2D eigenvalue weighted by atomic mass is 10.0. The molecule has 17 heavy (non-hydrogen) atoms. The van der Waals surface area contributed by atoms with Crippen LogP contribution in [-0.4, -0.2) is 29.7 Å². The summed E-state index contributed by atoms with van der Waals surface area (Å²) < 4.78 is 13.7. The Bertz CT molecular complexity index is 355. The second-order valence-electron chi connectivity index (χ2n) is 4.05. The first-order chi connectivity index (χ1) is 8.16. The largest absolute Gasteiger partial charge is 0.309 e. The molecule has 0 spiro atoms. The zero-order chi connectivity index (χ0) is 13.0. The van der Waals surface area contributed by atoms with Crippen LogP contribution in [0.2, 0.25) is 0 Å². The normalized spacial score (nSPS) is 23.3. The van der Waals surface area contributed by atoms with Gasteiger partial charge < -0.3 is 5.01 Å². The van der Waals surface area contributed by atoms with Crippen LogP contribution in [0.3, 0.4) is 0 Å². The topological polar surface area (TPSA) is 6.48 Å². The first-order valence-electron chi connectivity index (χ1n) is 6.41. The van der Waals surface area contributed by atoms with Crippen molar-refractivity contribution in [3.8, 4) is 0 Å². The van der Waals surface area contributed by atoms with E-state index in [1.807, 2.05) is 32.0 Å². The number of allylic oxidation sites excluding steroid dienone is 3. The summed E-state index contributed by atoms with van der Waals surface area (Å²) in [6.45, 7) is 9.14. The summed E-state index contributed by atoms with van der Waals surface area (Å²) in [5.41, 5.74) is 2.26. The van der Waals surface area contributed by atoms with Crippen LogP contribution < -0.4 is 0 Å². The Balaban J connectivity index is 0.000000686. The van der Waals surface area contributed by atoms with Crippen molar-refractivity contribution in [2.75, 3.05) is 13.6 Å². The van der Waals surface area contributed by atoms with Gasteiger partial charge in [-0.25, -0.2) is 9.40 Å². The highest BCUT2D eigenvalue weighted by molar-refractivity contribution is 5.43. The molecule has 1 aliphatic carbocycles. The molecule has 2 rings (SSSR count). The maximum Gasteiger partial charge on any atom is 0.123 e. The molecule has 1 heterocycles. The smallest absolute Gasteiger partial charge is 0.123 e. The van der Waals surface area contributed by atoms with Crippen LogP contribution in [0.4, 0.5) is 4.39 Å². The molecule has 1 atom stereocenters. The standard InChI is InChI=1S/C12H17FN2.C2H6/c1-4-8-15-9(2)10-6-5-7-11(13)12(10)14(15)3;1-2/h5-7,12H,4,8H2,1-3H3;1-2H3. The lowest BCUT2D eigenvalue weighted by Gasteiger charge is -2.31. The summed E-state index contributed by atoms with van der Waals surface area (Å²) >= 11 is 0. The number of hydrazine groups is 1. The summed E-state index contributed by atoms with van der Waals surface area (Å²) in [7, 11) is 1.95. The molecule has 0 saturated carbocycles. The number of fused-ring (bicyclic) bond motifs is 1. The third-order valence-electron chi connectivity index (χ3n) is 3.08. The van der Waals surface area contributed by atoms with Crippen molar-refractivity contribution in [2.24, 2.45) is 0 Å². The van der Waals surface area contributed by atoms with E-state index < -0.39 is 0 Å². The zero-order valence-electron chi connectivity index (χ0n) is 11.5. The second kappa shape index (κ2) is 6.01. The molecule has 1 unspecified atom stereocenters. The summed E-state index contributed by atoms with van der Waals surface area (Å²) in [4.78, 5) is 0. The molecular weight excluding hydrogens is 215 g/mol. The van der Waals surface area contributed by atoms with E-state index in [9.17, 15) is 4.39 Å². The van der Waals surface area contributed by atoms with Gasteiger partial charge in [0.1, 0.15) is 11.9 Å². The zero-order valence-corrected chi connectivity index (χ0v) is 11.5. The molecular formula is C14H23FN2. The molecule has 0 aromatic carbocycles. The first-order valence-corrected chi connectivity index (χ1v) is 6.41. The highest BCUT2D eigenvalue weighted by Crippen LogP contribution is 2.35. The molecule has 0 fully saturated rings. The lowest BCUT2D eigenvalue weighted by molar-refractivity contribution is 0.0390. The molecule has 3 heteroatoms. The fourth-order valence-corrected chi connectivity index (χ4v) is 2.34. The monoisotopic (exact) mass is 238 g/mol. The van der Waals surface area contributed by atoms with Gasteiger partial charge in [-0.2, -0.15) is 0 Å². The second-order valence-corrected chi connectivity index (χ2v) is 4.05. The van der Waals surface area contributed by atoms with E-state index in [0.29, 0.717) is 0 Å². The molecule has 0 saturated heterocycles. The third kappa shape index (κ3) is 2.44. The van der Waals surface area contributed by atoms with E-state index in [0.717, 1.165) is 18.5 Å². The summed E-state index contributed by atoms with van der Waals surface area (Å²) in [5, 5.41) is 4.15. The predicted octanol–water partition coefficient (Wildman–Crippen LogP) is 3.65. The van der Waals surface area contributed by atoms with Gasteiger partial charge >= 0.3 is 0 Å². The van der Waals surface area contributed by atoms with Crippen LogP contribution in [0, 0.1) is 0 Å². The van der Waals surface area contributed by atoms with Crippen LogP contribution in [0.25, 0.3) is 0 Å². The average Bonchev–Trinajstić information content (AvgIpc) is 2.59. The first kappa shape index (κ1) is 14.0.